The summed E-state index contributed by atoms with van der Waals surface area (Å²) in [6.07, 6.45) is 3.18. The second kappa shape index (κ2) is 8.52. The van der Waals surface area contributed by atoms with Crippen molar-refractivity contribution in [3.8, 4) is 0 Å². The van der Waals surface area contributed by atoms with E-state index in [0.717, 1.165) is 29.1 Å². The first-order valence-electron chi connectivity index (χ1n) is 9.04. The number of nitrogens with zero attached hydrogens (tertiary/aromatic N) is 5. The summed E-state index contributed by atoms with van der Waals surface area (Å²) in [5.74, 6) is 0.841. The molecule has 0 bridgehead atoms. The standard InChI is InChI=1S/C20H21N5O2.BrH/c1-15-19(24-9-11-25(12-10-24)20(26)27)22-17-7-8-23(14-18(17)21-15)13-16-5-3-2-4-6-16;/h2-8,14H,9-13H2,1H3;1H/p+1. The van der Waals surface area contributed by atoms with Crippen molar-refractivity contribution in [2.24, 2.45) is 0 Å². The van der Waals surface area contributed by atoms with Crippen LogP contribution in [-0.2, 0) is 6.54 Å². The monoisotopic (exact) mass is 444 g/mol. The molecular weight excluding hydrogens is 422 g/mol. The molecule has 1 aliphatic rings. The van der Waals surface area contributed by atoms with Crippen LogP contribution in [0.1, 0.15) is 11.3 Å². The molecule has 8 heteroatoms. The summed E-state index contributed by atoms with van der Waals surface area (Å²) in [5, 5.41) is 9.10. The lowest BCUT2D eigenvalue weighted by Gasteiger charge is -2.34. The van der Waals surface area contributed by atoms with Gasteiger partial charge in [-0.05, 0) is 6.92 Å². The van der Waals surface area contributed by atoms with Crippen molar-refractivity contribution in [3.63, 3.8) is 0 Å². The maximum Gasteiger partial charge on any atom is 0.407 e. The molecule has 0 aliphatic carbocycles. The summed E-state index contributed by atoms with van der Waals surface area (Å²) in [6.45, 7) is 4.99. The van der Waals surface area contributed by atoms with Crippen LogP contribution in [-0.4, -0.2) is 52.2 Å². The molecule has 2 aromatic heterocycles. The molecule has 146 valence electrons. The molecular formula is C20H23BrN5O2+. The van der Waals surface area contributed by atoms with Gasteiger partial charge in [0.2, 0.25) is 0 Å². The third-order valence-corrected chi connectivity index (χ3v) is 4.87. The lowest BCUT2D eigenvalue weighted by molar-refractivity contribution is -0.687. The molecule has 1 fully saturated rings. The fraction of sp³-hybridized carbons (Fsp3) is 0.300. The fourth-order valence-corrected chi connectivity index (χ4v) is 3.43. The van der Waals surface area contributed by atoms with Gasteiger partial charge in [-0.3, -0.25) is 0 Å². The molecule has 1 saturated heterocycles. The van der Waals surface area contributed by atoms with Crippen LogP contribution in [0.15, 0.2) is 48.8 Å². The van der Waals surface area contributed by atoms with Gasteiger partial charge in [0.05, 0.1) is 5.69 Å². The lowest BCUT2D eigenvalue weighted by Crippen LogP contribution is -2.48. The van der Waals surface area contributed by atoms with Gasteiger partial charge in [0.15, 0.2) is 30.3 Å². The average molecular weight is 445 g/mol. The highest BCUT2D eigenvalue weighted by Crippen LogP contribution is 2.20. The number of anilines is 1. The number of pyridine rings is 1. The minimum Gasteiger partial charge on any atom is -0.465 e. The smallest absolute Gasteiger partial charge is 0.407 e. The molecule has 1 amide bonds. The van der Waals surface area contributed by atoms with Crippen LogP contribution >= 0.6 is 17.0 Å². The molecule has 1 aliphatic heterocycles. The Morgan fingerprint density at radius 2 is 1.79 bits per heavy atom. The highest BCUT2D eigenvalue weighted by Gasteiger charge is 2.23. The van der Waals surface area contributed by atoms with Crippen molar-refractivity contribution in [2.75, 3.05) is 31.1 Å². The van der Waals surface area contributed by atoms with Gasteiger partial charge in [-0.2, -0.15) is 4.57 Å². The number of hydrogen-bond acceptors (Lipinski definition) is 4. The lowest BCUT2D eigenvalue weighted by atomic mass is 10.2. The maximum atomic E-state index is 11.1. The van der Waals surface area contributed by atoms with E-state index < -0.39 is 6.09 Å². The number of carboxylic acid groups (broad SMARTS) is 1. The van der Waals surface area contributed by atoms with Crippen molar-refractivity contribution in [2.45, 2.75) is 13.5 Å². The van der Waals surface area contributed by atoms with E-state index in [1.807, 2.05) is 43.6 Å². The van der Waals surface area contributed by atoms with E-state index in [2.05, 4.69) is 21.6 Å². The van der Waals surface area contributed by atoms with Crippen molar-refractivity contribution < 1.29 is 14.5 Å². The Balaban J connectivity index is 0.00000225. The Hall–Kier alpha value is -2.74. The predicted molar refractivity (Wildman–Crippen MR) is 112 cm³/mol. The van der Waals surface area contributed by atoms with E-state index in [0.29, 0.717) is 26.2 Å². The van der Waals surface area contributed by atoms with Gasteiger partial charge in [-0.1, -0.05) is 30.3 Å². The van der Waals surface area contributed by atoms with E-state index in [9.17, 15) is 4.79 Å². The zero-order valence-electron chi connectivity index (χ0n) is 15.7. The van der Waals surface area contributed by atoms with Gasteiger partial charge in [0.1, 0.15) is 5.52 Å². The van der Waals surface area contributed by atoms with Crippen LogP contribution in [0.2, 0.25) is 0 Å². The number of benzene rings is 1. The average Bonchev–Trinajstić information content (AvgIpc) is 2.68. The minimum atomic E-state index is -0.862. The SMILES string of the molecule is Br.Cc1nc2c[n+](Cc3ccccc3)ccc2nc1N1CCN(C(=O)O)CC1. The van der Waals surface area contributed by atoms with Crippen molar-refractivity contribution >= 4 is 39.9 Å². The fourth-order valence-electron chi connectivity index (χ4n) is 3.43. The quantitative estimate of drug-likeness (QED) is 0.628. The number of carbonyl (C=O) groups is 1. The normalized spacial score (nSPS) is 14.0. The molecule has 0 saturated carbocycles. The first-order valence-corrected chi connectivity index (χ1v) is 9.04. The van der Waals surface area contributed by atoms with E-state index in [1.54, 1.807) is 0 Å². The van der Waals surface area contributed by atoms with Crippen LogP contribution in [0.3, 0.4) is 0 Å². The molecule has 0 atom stereocenters. The number of hydrogen-bond donors (Lipinski definition) is 1. The number of halogens is 1. The molecule has 0 spiro atoms. The molecule has 28 heavy (non-hydrogen) atoms. The number of piperazine rings is 1. The third-order valence-electron chi connectivity index (χ3n) is 4.87. The molecule has 1 N–H and O–H groups in total. The zero-order valence-corrected chi connectivity index (χ0v) is 17.4. The number of aryl methyl sites for hydroxylation is 1. The summed E-state index contributed by atoms with van der Waals surface area (Å²) < 4.78 is 2.11. The number of amides is 1. The molecule has 0 radical (unpaired) electrons. The molecule has 7 nitrogen and oxygen atoms in total. The van der Waals surface area contributed by atoms with Gasteiger partial charge < -0.3 is 14.9 Å². The van der Waals surface area contributed by atoms with Gasteiger partial charge >= 0.3 is 6.09 Å². The molecule has 0 unspecified atom stereocenters. The van der Waals surface area contributed by atoms with E-state index in [1.165, 1.54) is 10.5 Å². The third kappa shape index (κ3) is 4.22. The van der Waals surface area contributed by atoms with Crippen LogP contribution < -0.4 is 9.47 Å². The highest BCUT2D eigenvalue weighted by molar-refractivity contribution is 8.93. The summed E-state index contributed by atoms with van der Waals surface area (Å²) in [5.41, 5.74) is 3.81. The predicted octanol–water partition coefficient (Wildman–Crippen LogP) is 2.65. The van der Waals surface area contributed by atoms with Crippen molar-refractivity contribution in [1.29, 1.82) is 0 Å². The Morgan fingerprint density at radius 1 is 1.07 bits per heavy atom. The van der Waals surface area contributed by atoms with E-state index >= 15 is 0 Å². The van der Waals surface area contributed by atoms with Crippen molar-refractivity contribution in [1.82, 2.24) is 14.9 Å². The Morgan fingerprint density at radius 3 is 2.46 bits per heavy atom. The summed E-state index contributed by atoms with van der Waals surface area (Å²) in [7, 11) is 0. The van der Waals surface area contributed by atoms with Gasteiger partial charge in [-0.25, -0.2) is 14.8 Å². The first-order chi connectivity index (χ1) is 13.1. The van der Waals surface area contributed by atoms with Crippen molar-refractivity contribution in [3.05, 3.63) is 60.0 Å². The van der Waals surface area contributed by atoms with Crippen LogP contribution in [0.5, 0.6) is 0 Å². The first kappa shape index (κ1) is 20.0. The second-order valence-electron chi connectivity index (χ2n) is 6.76. The molecule has 3 aromatic rings. The molecule has 3 heterocycles. The van der Waals surface area contributed by atoms with Gasteiger partial charge in [0, 0.05) is 37.8 Å². The van der Waals surface area contributed by atoms with Crippen LogP contribution in [0.4, 0.5) is 10.6 Å². The topological polar surface area (TPSA) is 73.4 Å². The summed E-state index contributed by atoms with van der Waals surface area (Å²) in [4.78, 5) is 24.2. The Bertz CT molecular complexity index is 975. The summed E-state index contributed by atoms with van der Waals surface area (Å²) in [6, 6.07) is 12.3. The minimum absolute atomic E-state index is 0. The summed E-state index contributed by atoms with van der Waals surface area (Å²) >= 11 is 0. The Kier molecular flexibility index (Phi) is 6.08. The second-order valence-corrected chi connectivity index (χ2v) is 6.76. The number of fused-ring (bicyclic) bond motifs is 1. The largest absolute Gasteiger partial charge is 0.465 e. The molecule has 1 aromatic carbocycles. The highest BCUT2D eigenvalue weighted by atomic mass is 79.9. The Labute approximate surface area is 174 Å². The van der Waals surface area contributed by atoms with Gasteiger partial charge in [0.25, 0.3) is 0 Å². The van der Waals surface area contributed by atoms with Crippen LogP contribution in [0.25, 0.3) is 11.0 Å². The zero-order chi connectivity index (χ0) is 18.8. The number of rotatable bonds is 3. The van der Waals surface area contributed by atoms with E-state index in [4.69, 9.17) is 15.1 Å². The van der Waals surface area contributed by atoms with Crippen LogP contribution in [0, 0.1) is 6.92 Å². The number of aromatic nitrogens is 3. The molecule has 4 rings (SSSR count). The van der Waals surface area contributed by atoms with Gasteiger partial charge in [-0.15, -0.1) is 17.0 Å². The van der Waals surface area contributed by atoms with E-state index in [-0.39, 0.29) is 17.0 Å². The maximum absolute atomic E-state index is 11.1.